The van der Waals surface area contributed by atoms with E-state index in [2.05, 4.69) is 19.2 Å². The molecule has 0 bridgehead atoms. The molecule has 1 aromatic rings. The Morgan fingerprint density at radius 3 is 2.85 bits per heavy atom. The summed E-state index contributed by atoms with van der Waals surface area (Å²) in [5, 5.41) is 22.7. The van der Waals surface area contributed by atoms with Crippen LogP contribution in [-0.2, 0) is 4.74 Å². The number of nitro benzene ring substituents is 1. The molecular weight excluding hydrogens is 258 g/mol. The lowest BCUT2D eigenvalue weighted by Gasteiger charge is -2.09. The van der Waals surface area contributed by atoms with Crippen molar-refractivity contribution in [3.63, 3.8) is 0 Å². The van der Waals surface area contributed by atoms with Crippen molar-refractivity contribution >= 4 is 11.4 Å². The monoisotopic (exact) mass is 277 g/mol. The fourth-order valence-corrected chi connectivity index (χ4v) is 1.62. The summed E-state index contributed by atoms with van der Waals surface area (Å²) >= 11 is 0. The maximum Gasteiger partial charge on any atom is 0.292 e. The van der Waals surface area contributed by atoms with Crippen molar-refractivity contribution in [3.05, 3.63) is 33.9 Å². The zero-order valence-corrected chi connectivity index (χ0v) is 11.8. The normalized spacial score (nSPS) is 10.3. The zero-order valence-electron chi connectivity index (χ0n) is 11.8. The number of ether oxygens (including phenoxy) is 1. The molecule has 0 atom stereocenters. The van der Waals surface area contributed by atoms with Crippen molar-refractivity contribution < 1.29 is 9.66 Å². The van der Waals surface area contributed by atoms with Gasteiger partial charge in [0.25, 0.3) is 5.69 Å². The van der Waals surface area contributed by atoms with Crippen molar-refractivity contribution in [1.82, 2.24) is 0 Å². The van der Waals surface area contributed by atoms with Crippen molar-refractivity contribution in [2.75, 3.05) is 25.1 Å². The number of benzene rings is 1. The summed E-state index contributed by atoms with van der Waals surface area (Å²) in [6.45, 7) is 6.04. The molecule has 6 heteroatoms. The molecule has 0 saturated heterocycles. The lowest BCUT2D eigenvalue weighted by molar-refractivity contribution is -0.384. The molecule has 0 amide bonds. The van der Waals surface area contributed by atoms with E-state index in [1.807, 2.05) is 6.07 Å². The van der Waals surface area contributed by atoms with Crippen molar-refractivity contribution in [1.29, 1.82) is 5.26 Å². The second-order valence-corrected chi connectivity index (χ2v) is 4.85. The molecule has 0 aliphatic carbocycles. The lowest BCUT2D eigenvalue weighted by atomic mass is 10.2. The Hall–Kier alpha value is -2.13. The van der Waals surface area contributed by atoms with E-state index in [0.29, 0.717) is 36.9 Å². The van der Waals surface area contributed by atoms with Gasteiger partial charge in [-0.05, 0) is 24.5 Å². The highest BCUT2D eigenvalue weighted by molar-refractivity contribution is 5.64. The van der Waals surface area contributed by atoms with Gasteiger partial charge in [-0.25, -0.2) is 0 Å². The first-order valence-corrected chi connectivity index (χ1v) is 6.54. The summed E-state index contributed by atoms with van der Waals surface area (Å²) in [4.78, 5) is 10.4. The molecule has 0 saturated carbocycles. The van der Waals surface area contributed by atoms with Crippen LogP contribution in [0.1, 0.15) is 25.8 Å². The van der Waals surface area contributed by atoms with E-state index in [4.69, 9.17) is 10.00 Å². The average Bonchev–Trinajstić information content (AvgIpc) is 2.41. The predicted octanol–water partition coefficient (Wildman–Crippen LogP) is 2.94. The Bertz CT molecular complexity index is 495. The Kier molecular flexibility index (Phi) is 6.47. The van der Waals surface area contributed by atoms with Gasteiger partial charge in [-0.2, -0.15) is 5.26 Å². The number of rotatable bonds is 8. The van der Waals surface area contributed by atoms with Crippen molar-refractivity contribution in [3.8, 4) is 6.07 Å². The van der Waals surface area contributed by atoms with E-state index in [9.17, 15) is 10.1 Å². The number of nitrogens with zero attached hydrogens (tertiary/aromatic N) is 2. The largest absolute Gasteiger partial charge is 0.381 e. The zero-order chi connectivity index (χ0) is 15.0. The summed E-state index contributed by atoms with van der Waals surface area (Å²) < 4.78 is 5.43. The molecule has 0 spiro atoms. The topological polar surface area (TPSA) is 88.2 Å². The standard InChI is InChI=1S/C14H19N3O3/c1-11(2)10-20-7-3-6-16-13-8-12(9-15)4-5-14(13)17(18)19/h4-5,8,11,16H,3,6-7,10H2,1-2H3. The molecule has 0 aliphatic heterocycles. The molecule has 1 aromatic carbocycles. The van der Waals surface area contributed by atoms with Gasteiger partial charge in [0.15, 0.2) is 0 Å². The van der Waals surface area contributed by atoms with Crippen LogP contribution in [0.25, 0.3) is 0 Å². The predicted molar refractivity (Wildman–Crippen MR) is 76.6 cm³/mol. The van der Waals surface area contributed by atoms with E-state index >= 15 is 0 Å². The first-order valence-electron chi connectivity index (χ1n) is 6.54. The van der Waals surface area contributed by atoms with Crippen LogP contribution >= 0.6 is 0 Å². The fraction of sp³-hybridized carbons (Fsp3) is 0.500. The van der Waals surface area contributed by atoms with Gasteiger partial charge in [0.1, 0.15) is 5.69 Å². The maximum atomic E-state index is 10.9. The first-order chi connectivity index (χ1) is 9.54. The van der Waals surface area contributed by atoms with Gasteiger partial charge < -0.3 is 10.1 Å². The maximum absolute atomic E-state index is 10.9. The quantitative estimate of drug-likeness (QED) is 0.448. The third-order valence-corrected chi connectivity index (χ3v) is 2.55. The molecule has 1 rings (SSSR count). The second kappa shape index (κ2) is 8.12. The molecule has 108 valence electrons. The van der Waals surface area contributed by atoms with Gasteiger partial charge >= 0.3 is 0 Å². The summed E-state index contributed by atoms with van der Waals surface area (Å²) in [5.41, 5.74) is 0.749. The number of nitro groups is 1. The fourth-order valence-electron chi connectivity index (χ4n) is 1.62. The molecule has 20 heavy (non-hydrogen) atoms. The van der Waals surface area contributed by atoms with Crippen LogP contribution in [0.4, 0.5) is 11.4 Å². The smallest absolute Gasteiger partial charge is 0.292 e. The van der Waals surface area contributed by atoms with Crippen LogP contribution < -0.4 is 5.32 Å². The number of hydrogen-bond acceptors (Lipinski definition) is 5. The third-order valence-electron chi connectivity index (χ3n) is 2.55. The van der Waals surface area contributed by atoms with Crippen LogP contribution in [0.2, 0.25) is 0 Å². The molecule has 0 heterocycles. The Labute approximate surface area is 118 Å². The lowest BCUT2D eigenvalue weighted by Crippen LogP contribution is -2.09. The minimum Gasteiger partial charge on any atom is -0.381 e. The van der Waals surface area contributed by atoms with E-state index < -0.39 is 4.92 Å². The van der Waals surface area contributed by atoms with Crippen molar-refractivity contribution in [2.24, 2.45) is 5.92 Å². The van der Waals surface area contributed by atoms with Gasteiger partial charge in [-0.3, -0.25) is 10.1 Å². The van der Waals surface area contributed by atoms with E-state index in [0.717, 1.165) is 6.42 Å². The molecule has 6 nitrogen and oxygen atoms in total. The molecule has 0 aliphatic rings. The minimum absolute atomic E-state index is 0.0212. The number of nitriles is 1. The molecular formula is C14H19N3O3. The average molecular weight is 277 g/mol. The Balaban J connectivity index is 2.50. The van der Waals surface area contributed by atoms with Gasteiger partial charge in [-0.1, -0.05) is 13.8 Å². The molecule has 0 unspecified atom stereocenters. The minimum atomic E-state index is -0.460. The van der Waals surface area contributed by atoms with Crippen LogP contribution in [0, 0.1) is 27.4 Å². The van der Waals surface area contributed by atoms with Gasteiger partial charge in [0.2, 0.25) is 0 Å². The number of hydrogen-bond donors (Lipinski definition) is 1. The SMILES string of the molecule is CC(C)COCCCNc1cc(C#N)ccc1[N+](=O)[O-]. The highest BCUT2D eigenvalue weighted by Crippen LogP contribution is 2.25. The summed E-state index contributed by atoms with van der Waals surface area (Å²) in [5.74, 6) is 0.497. The molecule has 0 radical (unpaired) electrons. The highest BCUT2D eigenvalue weighted by Gasteiger charge is 2.13. The first kappa shape index (κ1) is 15.9. The van der Waals surface area contributed by atoms with Crippen LogP contribution in [0.3, 0.4) is 0 Å². The Morgan fingerprint density at radius 2 is 2.25 bits per heavy atom. The van der Waals surface area contributed by atoms with E-state index in [1.165, 1.54) is 18.2 Å². The van der Waals surface area contributed by atoms with Gasteiger partial charge in [0.05, 0.1) is 16.6 Å². The summed E-state index contributed by atoms with van der Waals surface area (Å²) in [6.07, 6.45) is 0.751. The second-order valence-electron chi connectivity index (χ2n) is 4.85. The van der Waals surface area contributed by atoms with Crippen LogP contribution in [0.5, 0.6) is 0 Å². The highest BCUT2D eigenvalue weighted by atomic mass is 16.6. The number of nitrogens with one attached hydrogen (secondary N) is 1. The summed E-state index contributed by atoms with van der Waals surface area (Å²) in [6, 6.07) is 6.25. The van der Waals surface area contributed by atoms with Gasteiger partial charge in [-0.15, -0.1) is 0 Å². The molecule has 0 aromatic heterocycles. The van der Waals surface area contributed by atoms with Gasteiger partial charge in [0, 0.05) is 25.8 Å². The van der Waals surface area contributed by atoms with E-state index in [-0.39, 0.29) is 5.69 Å². The molecule has 0 fully saturated rings. The Morgan fingerprint density at radius 1 is 1.50 bits per heavy atom. The van der Waals surface area contributed by atoms with Crippen LogP contribution in [0.15, 0.2) is 18.2 Å². The van der Waals surface area contributed by atoms with Crippen molar-refractivity contribution in [2.45, 2.75) is 20.3 Å². The van der Waals surface area contributed by atoms with E-state index in [1.54, 1.807) is 0 Å². The van der Waals surface area contributed by atoms with Crippen LogP contribution in [-0.4, -0.2) is 24.7 Å². The third kappa shape index (κ3) is 5.24. The number of anilines is 1. The summed E-state index contributed by atoms with van der Waals surface area (Å²) in [7, 11) is 0. The molecule has 1 N–H and O–H groups in total.